The summed E-state index contributed by atoms with van der Waals surface area (Å²) in [6, 6.07) is 11.7. The summed E-state index contributed by atoms with van der Waals surface area (Å²) in [7, 11) is 0. The van der Waals surface area contributed by atoms with Crippen molar-refractivity contribution in [2.24, 2.45) is 0 Å². The molecule has 2 nitrogen and oxygen atoms in total. The van der Waals surface area contributed by atoms with Crippen molar-refractivity contribution in [2.75, 3.05) is 11.6 Å². The minimum atomic E-state index is 0.424. The van der Waals surface area contributed by atoms with Crippen LogP contribution in [-0.4, -0.2) is 5.88 Å². The normalized spacial score (nSPS) is 10.9. The van der Waals surface area contributed by atoms with Gasteiger partial charge in [0.15, 0.2) is 5.75 Å². The number of hydrogen-bond donors (Lipinski definition) is 1. The molecule has 0 aromatic heterocycles. The lowest BCUT2D eigenvalue weighted by molar-refractivity contribution is 0.454. The fraction of sp³-hybridized carbons (Fsp3) is 0.0667. The Balaban J connectivity index is 2.40. The van der Waals surface area contributed by atoms with Gasteiger partial charge in [0.05, 0.1) is 5.69 Å². The fourth-order valence-corrected chi connectivity index (χ4v) is 1.80. The number of anilines is 1. The Morgan fingerprint density at radius 1 is 1.28 bits per heavy atom. The van der Waals surface area contributed by atoms with Gasteiger partial charge in [-0.2, -0.15) is 0 Å². The summed E-state index contributed by atoms with van der Waals surface area (Å²) in [4.78, 5) is 0. The molecule has 0 radical (unpaired) electrons. The van der Waals surface area contributed by atoms with Crippen LogP contribution in [0.25, 0.3) is 10.8 Å². The molecule has 0 spiro atoms. The van der Waals surface area contributed by atoms with Crippen molar-refractivity contribution in [1.82, 2.24) is 0 Å². The van der Waals surface area contributed by atoms with E-state index in [9.17, 15) is 0 Å². The Hall–Kier alpha value is -1.93. The number of nitrogen functional groups attached to an aromatic ring is 1. The zero-order valence-electron chi connectivity index (χ0n) is 9.90. The molecule has 3 heteroatoms. The highest BCUT2D eigenvalue weighted by molar-refractivity contribution is 6.18. The molecule has 0 aliphatic carbocycles. The summed E-state index contributed by atoms with van der Waals surface area (Å²) in [5, 5.41) is 2.05. The first-order chi connectivity index (χ1) is 8.72. The third-order valence-electron chi connectivity index (χ3n) is 2.54. The van der Waals surface area contributed by atoms with Crippen molar-refractivity contribution in [3.63, 3.8) is 0 Å². The van der Waals surface area contributed by atoms with E-state index in [-0.39, 0.29) is 0 Å². The molecule has 0 atom stereocenters. The molecule has 2 aromatic rings. The van der Waals surface area contributed by atoms with Crippen molar-refractivity contribution >= 4 is 28.1 Å². The monoisotopic (exact) mass is 259 g/mol. The zero-order chi connectivity index (χ0) is 13.0. The molecule has 2 aromatic carbocycles. The molecular weight excluding hydrogens is 246 g/mol. The summed E-state index contributed by atoms with van der Waals surface area (Å²) in [5.41, 5.74) is 6.54. The highest BCUT2D eigenvalue weighted by Gasteiger charge is 2.07. The van der Waals surface area contributed by atoms with E-state index < -0.39 is 0 Å². The van der Waals surface area contributed by atoms with Crippen LogP contribution in [-0.2, 0) is 0 Å². The first kappa shape index (κ1) is 12.5. The summed E-state index contributed by atoms with van der Waals surface area (Å²) < 4.78 is 5.70. The first-order valence-corrected chi connectivity index (χ1v) is 6.12. The van der Waals surface area contributed by atoms with Crippen LogP contribution >= 0.6 is 11.6 Å². The number of hydrogen-bond acceptors (Lipinski definition) is 2. The molecule has 92 valence electrons. The Bertz CT molecular complexity index is 604. The second-order valence-electron chi connectivity index (χ2n) is 3.83. The molecule has 0 aliphatic rings. The van der Waals surface area contributed by atoms with Gasteiger partial charge in [-0.05, 0) is 17.5 Å². The maximum Gasteiger partial charge on any atom is 0.158 e. The van der Waals surface area contributed by atoms with Crippen LogP contribution in [0, 0.1) is 0 Å². The standard InChI is InChI=1S/C15H14ClNO/c1-11(5-4-10-16)18-15-13-7-3-2-6-12(13)8-9-14(15)17/h2-9H,1,10,17H2/b5-4-. The summed E-state index contributed by atoms with van der Waals surface area (Å²) in [6.07, 6.45) is 3.50. The summed E-state index contributed by atoms with van der Waals surface area (Å²) in [5.74, 6) is 1.57. The van der Waals surface area contributed by atoms with Crippen LogP contribution in [0.15, 0.2) is 60.9 Å². The lowest BCUT2D eigenvalue weighted by Crippen LogP contribution is -1.96. The Morgan fingerprint density at radius 3 is 2.83 bits per heavy atom. The smallest absolute Gasteiger partial charge is 0.158 e. The molecule has 2 N–H and O–H groups in total. The van der Waals surface area contributed by atoms with Gasteiger partial charge in [-0.1, -0.05) is 43.0 Å². The van der Waals surface area contributed by atoms with Crippen LogP contribution in [0.4, 0.5) is 5.69 Å². The van der Waals surface area contributed by atoms with E-state index in [0.29, 0.717) is 23.1 Å². The second kappa shape index (κ2) is 5.61. The van der Waals surface area contributed by atoms with Gasteiger partial charge >= 0.3 is 0 Å². The highest BCUT2D eigenvalue weighted by atomic mass is 35.5. The summed E-state index contributed by atoms with van der Waals surface area (Å²) >= 11 is 5.57. The molecule has 0 fully saturated rings. The van der Waals surface area contributed by atoms with Crippen LogP contribution in [0.3, 0.4) is 0 Å². The van der Waals surface area contributed by atoms with Crippen molar-refractivity contribution < 1.29 is 4.74 Å². The van der Waals surface area contributed by atoms with Crippen molar-refractivity contribution in [3.05, 3.63) is 60.9 Å². The molecule has 0 bridgehead atoms. The third-order valence-corrected chi connectivity index (χ3v) is 2.71. The Morgan fingerprint density at radius 2 is 2.06 bits per heavy atom. The van der Waals surface area contributed by atoms with Gasteiger partial charge in [0.2, 0.25) is 0 Å². The maximum absolute atomic E-state index is 5.95. The number of fused-ring (bicyclic) bond motifs is 1. The van der Waals surface area contributed by atoms with E-state index >= 15 is 0 Å². The number of rotatable bonds is 4. The topological polar surface area (TPSA) is 35.2 Å². The van der Waals surface area contributed by atoms with Crippen molar-refractivity contribution in [2.45, 2.75) is 0 Å². The lowest BCUT2D eigenvalue weighted by Gasteiger charge is -2.11. The molecule has 0 unspecified atom stereocenters. The van der Waals surface area contributed by atoms with Crippen LogP contribution < -0.4 is 10.5 Å². The average molecular weight is 260 g/mol. The SMILES string of the molecule is C=C(/C=C\CCl)Oc1c(N)ccc2ccccc12. The predicted octanol–water partition coefficient (Wildman–Crippen LogP) is 4.11. The number of allylic oxidation sites excluding steroid dienone is 2. The third kappa shape index (κ3) is 2.66. The molecule has 0 saturated heterocycles. The largest absolute Gasteiger partial charge is 0.455 e. The molecule has 0 heterocycles. The van der Waals surface area contributed by atoms with Gasteiger partial charge in [0, 0.05) is 11.3 Å². The molecule has 18 heavy (non-hydrogen) atoms. The second-order valence-corrected chi connectivity index (χ2v) is 4.14. The number of nitrogens with two attached hydrogens (primary N) is 1. The van der Waals surface area contributed by atoms with Crippen LogP contribution in [0.1, 0.15) is 0 Å². The van der Waals surface area contributed by atoms with E-state index in [1.54, 1.807) is 12.2 Å². The van der Waals surface area contributed by atoms with E-state index in [0.717, 1.165) is 10.8 Å². The van der Waals surface area contributed by atoms with Gasteiger partial charge in [-0.15, -0.1) is 11.6 Å². The van der Waals surface area contributed by atoms with Gasteiger partial charge in [0.25, 0.3) is 0 Å². The first-order valence-electron chi connectivity index (χ1n) is 5.59. The minimum Gasteiger partial charge on any atom is -0.455 e. The van der Waals surface area contributed by atoms with E-state index in [2.05, 4.69) is 6.58 Å². The fourth-order valence-electron chi connectivity index (χ4n) is 1.71. The van der Waals surface area contributed by atoms with Gasteiger partial charge in [-0.25, -0.2) is 0 Å². The summed E-state index contributed by atoms with van der Waals surface area (Å²) in [6.45, 7) is 3.81. The Kier molecular flexibility index (Phi) is 3.90. The highest BCUT2D eigenvalue weighted by Crippen LogP contribution is 2.32. The van der Waals surface area contributed by atoms with E-state index in [1.165, 1.54) is 0 Å². The molecular formula is C15H14ClNO. The van der Waals surface area contributed by atoms with E-state index in [1.807, 2.05) is 36.4 Å². The average Bonchev–Trinajstić information content (AvgIpc) is 2.40. The number of alkyl halides is 1. The quantitative estimate of drug-likeness (QED) is 0.388. The van der Waals surface area contributed by atoms with Crippen molar-refractivity contribution in [1.29, 1.82) is 0 Å². The van der Waals surface area contributed by atoms with E-state index in [4.69, 9.17) is 22.1 Å². The number of benzene rings is 2. The molecule has 0 amide bonds. The molecule has 2 rings (SSSR count). The maximum atomic E-state index is 5.95. The predicted molar refractivity (Wildman–Crippen MR) is 78.0 cm³/mol. The lowest BCUT2D eigenvalue weighted by atomic mass is 10.1. The van der Waals surface area contributed by atoms with Gasteiger partial charge in [0.1, 0.15) is 5.76 Å². The molecule has 0 saturated carbocycles. The number of halogens is 1. The van der Waals surface area contributed by atoms with Crippen molar-refractivity contribution in [3.8, 4) is 5.75 Å². The zero-order valence-corrected chi connectivity index (χ0v) is 10.7. The van der Waals surface area contributed by atoms with Gasteiger partial charge in [-0.3, -0.25) is 0 Å². The van der Waals surface area contributed by atoms with Crippen LogP contribution in [0.5, 0.6) is 5.75 Å². The minimum absolute atomic E-state index is 0.424. The molecule has 0 aliphatic heterocycles. The Labute approximate surface area is 111 Å². The number of ether oxygens (including phenoxy) is 1. The van der Waals surface area contributed by atoms with Gasteiger partial charge < -0.3 is 10.5 Å². The van der Waals surface area contributed by atoms with Crippen LogP contribution in [0.2, 0.25) is 0 Å².